The first-order chi connectivity index (χ1) is 19.2. The molecule has 1 fully saturated rings. The average molecular weight is 582 g/mol. The van der Waals surface area contributed by atoms with Crippen LogP contribution in [0.25, 0.3) is 0 Å². The van der Waals surface area contributed by atoms with Gasteiger partial charge in [0.15, 0.2) is 0 Å². The summed E-state index contributed by atoms with van der Waals surface area (Å²) in [5.41, 5.74) is -2.42. The number of urea groups is 1. The van der Waals surface area contributed by atoms with Gasteiger partial charge in [-0.15, -0.1) is 26.3 Å². The van der Waals surface area contributed by atoms with Crippen molar-refractivity contribution in [3.05, 3.63) is 95.6 Å². The molecule has 3 aromatic carbocycles. The number of ether oxygens (including phenoxy) is 3. The van der Waals surface area contributed by atoms with Gasteiger partial charge in [-0.2, -0.15) is 0 Å². The van der Waals surface area contributed by atoms with Gasteiger partial charge in [-0.05, 0) is 53.8 Å². The first-order valence-electron chi connectivity index (χ1n) is 12.2. The van der Waals surface area contributed by atoms with Crippen LogP contribution in [0.3, 0.4) is 0 Å². The molecule has 218 valence electrons. The highest BCUT2D eigenvalue weighted by Crippen LogP contribution is 2.40. The van der Waals surface area contributed by atoms with Gasteiger partial charge >= 0.3 is 24.7 Å². The van der Waals surface area contributed by atoms with Gasteiger partial charge in [-0.1, -0.05) is 54.6 Å². The molecule has 0 heterocycles. The maximum Gasteiger partial charge on any atom is 0.573 e. The molecule has 2 N–H and O–H groups in total. The van der Waals surface area contributed by atoms with Crippen LogP contribution in [0.15, 0.2) is 78.9 Å². The predicted molar refractivity (Wildman–Crippen MR) is 133 cm³/mol. The van der Waals surface area contributed by atoms with Crippen molar-refractivity contribution in [2.45, 2.75) is 43.1 Å². The Labute approximate surface area is 230 Å². The molecule has 13 heteroatoms. The third-order valence-corrected chi connectivity index (χ3v) is 6.44. The first-order valence-corrected chi connectivity index (χ1v) is 12.2. The van der Waals surface area contributed by atoms with Crippen LogP contribution in [0.1, 0.15) is 29.5 Å². The third kappa shape index (κ3) is 7.41. The topological polar surface area (TPSA) is 85.9 Å². The van der Waals surface area contributed by atoms with Crippen LogP contribution in [0.2, 0.25) is 0 Å². The van der Waals surface area contributed by atoms with E-state index < -0.39 is 47.3 Å². The molecule has 0 atom stereocenters. The summed E-state index contributed by atoms with van der Waals surface area (Å²) < 4.78 is 91.5. The minimum Gasteiger partial charge on any atom is -0.467 e. The standard InChI is InChI=1S/C28H24F6N2O5/c1-39-23(37)25(13-14-25)35-24(38)36-26(17-18-7-3-2-4-8-18,19-9-5-11-21(15-19)40-27(29,30)31)20-10-6-12-22(16-20)41-28(32,33)34/h2-12,15-16H,13-14,17H2,1H3,(H2,35,36,38). The van der Waals surface area contributed by atoms with E-state index in [0.29, 0.717) is 5.56 Å². The SMILES string of the molecule is COC(=O)C1(NC(=O)NC(Cc2ccccc2)(c2cccc(OC(F)(F)F)c2)c2cccc(OC(F)(F)F)c2)CC1. The highest BCUT2D eigenvalue weighted by Gasteiger charge is 2.53. The zero-order valence-corrected chi connectivity index (χ0v) is 21.4. The van der Waals surface area contributed by atoms with Crippen LogP contribution in [0.4, 0.5) is 31.1 Å². The van der Waals surface area contributed by atoms with Crippen molar-refractivity contribution >= 4 is 12.0 Å². The molecular weight excluding hydrogens is 558 g/mol. The summed E-state index contributed by atoms with van der Waals surface area (Å²) >= 11 is 0. The van der Waals surface area contributed by atoms with Crippen molar-refractivity contribution in [3.8, 4) is 11.5 Å². The zero-order valence-electron chi connectivity index (χ0n) is 21.4. The summed E-state index contributed by atoms with van der Waals surface area (Å²) in [6, 6.07) is 17.0. The molecule has 0 aliphatic heterocycles. The maximum atomic E-state index is 13.4. The second kappa shape index (κ2) is 11.2. The number of benzene rings is 3. The Balaban J connectivity index is 1.88. The Hall–Kier alpha value is -4.42. The van der Waals surface area contributed by atoms with Crippen molar-refractivity contribution < 1.29 is 50.1 Å². The number of rotatable bonds is 9. The Bertz CT molecular complexity index is 1330. The lowest BCUT2D eigenvalue weighted by atomic mass is 9.77. The maximum absolute atomic E-state index is 13.4. The monoisotopic (exact) mass is 582 g/mol. The van der Waals surface area contributed by atoms with Crippen molar-refractivity contribution in [1.82, 2.24) is 10.6 Å². The number of amides is 2. The van der Waals surface area contributed by atoms with Gasteiger partial charge in [-0.25, -0.2) is 9.59 Å². The number of esters is 1. The fraction of sp³-hybridized carbons (Fsp3) is 0.286. The van der Waals surface area contributed by atoms with Gasteiger partial charge in [0.1, 0.15) is 17.0 Å². The highest BCUT2D eigenvalue weighted by atomic mass is 19.4. The molecule has 1 saturated carbocycles. The number of nitrogens with one attached hydrogen (secondary N) is 2. The Morgan fingerprint density at radius 3 is 1.73 bits per heavy atom. The largest absolute Gasteiger partial charge is 0.573 e. The van der Waals surface area contributed by atoms with Crippen molar-refractivity contribution in [3.63, 3.8) is 0 Å². The molecule has 0 bridgehead atoms. The number of halogens is 6. The van der Waals surface area contributed by atoms with Crippen LogP contribution in [-0.4, -0.2) is 37.4 Å². The number of carbonyl (C=O) groups is 2. The normalized spacial score (nSPS) is 14.5. The van der Waals surface area contributed by atoms with Crippen LogP contribution < -0.4 is 20.1 Å². The smallest absolute Gasteiger partial charge is 0.467 e. The van der Waals surface area contributed by atoms with Gasteiger partial charge < -0.3 is 24.8 Å². The minimum atomic E-state index is -5.04. The van der Waals surface area contributed by atoms with Gasteiger partial charge in [0.25, 0.3) is 0 Å². The summed E-state index contributed by atoms with van der Waals surface area (Å²) in [5, 5.41) is 5.29. The van der Waals surface area contributed by atoms with Crippen LogP contribution in [0.5, 0.6) is 11.5 Å². The number of carbonyl (C=O) groups excluding carboxylic acids is 2. The highest BCUT2D eigenvalue weighted by molar-refractivity contribution is 5.90. The lowest BCUT2D eigenvalue weighted by molar-refractivity contribution is -0.275. The molecule has 2 amide bonds. The second-order valence-corrected chi connectivity index (χ2v) is 9.37. The molecule has 0 radical (unpaired) electrons. The molecule has 7 nitrogen and oxygen atoms in total. The van der Waals surface area contributed by atoms with E-state index in [0.717, 1.165) is 31.4 Å². The Morgan fingerprint density at radius 2 is 1.29 bits per heavy atom. The Morgan fingerprint density at radius 1 is 0.780 bits per heavy atom. The average Bonchev–Trinajstić information content (AvgIpc) is 3.67. The van der Waals surface area contributed by atoms with E-state index in [1.807, 2.05) is 0 Å². The summed E-state index contributed by atoms with van der Waals surface area (Å²) in [5.74, 6) is -1.93. The summed E-state index contributed by atoms with van der Waals surface area (Å²) in [4.78, 5) is 25.7. The molecule has 0 unspecified atom stereocenters. The van der Waals surface area contributed by atoms with E-state index in [4.69, 9.17) is 4.74 Å². The quantitative estimate of drug-likeness (QED) is 0.240. The molecule has 1 aliphatic carbocycles. The Kier molecular flexibility index (Phi) is 8.09. The van der Waals surface area contributed by atoms with E-state index in [9.17, 15) is 35.9 Å². The number of hydrogen-bond acceptors (Lipinski definition) is 5. The zero-order chi connectivity index (χ0) is 29.9. The van der Waals surface area contributed by atoms with Gasteiger partial charge in [0, 0.05) is 6.42 Å². The van der Waals surface area contributed by atoms with Gasteiger partial charge in [0.05, 0.1) is 12.6 Å². The third-order valence-electron chi connectivity index (χ3n) is 6.44. The van der Waals surface area contributed by atoms with Crippen LogP contribution in [0, 0.1) is 0 Å². The predicted octanol–water partition coefficient (Wildman–Crippen LogP) is 5.97. The lowest BCUT2D eigenvalue weighted by Gasteiger charge is -2.37. The number of hydrogen-bond donors (Lipinski definition) is 2. The molecule has 41 heavy (non-hydrogen) atoms. The molecular formula is C28H24F6N2O5. The fourth-order valence-corrected chi connectivity index (χ4v) is 4.52. The molecule has 0 aromatic heterocycles. The van der Waals surface area contributed by atoms with Crippen molar-refractivity contribution in [1.29, 1.82) is 0 Å². The summed E-state index contributed by atoms with van der Waals surface area (Å²) in [7, 11) is 1.15. The molecule has 1 aliphatic rings. The molecule has 3 aromatic rings. The fourth-order valence-electron chi connectivity index (χ4n) is 4.52. The van der Waals surface area contributed by atoms with Crippen LogP contribution in [-0.2, 0) is 21.5 Å². The second-order valence-electron chi connectivity index (χ2n) is 9.37. The van der Waals surface area contributed by atoms with E-state index >= 15 is 0 Å². The van der Waals surface area contributed by atoms with Gasteiger partial charge in [-0.3, -0.25) is 0 Å². The van der Waals surface area contributed by atoms with Crippen LogP contribution >= 0.6 is 0 Å². The first kappa shape index (κ1) is 29.6. The minimum absolute atomic E-state index is 0.0466. The van der Waals surface area contributed by atoms with Gasteiger partial charge in [0.2, 0.25) is 0 Å². The number of methoxy groups -OCH3 is 1. The summed E-state index contributed by atoms with van der Waals surface area (Å²) in [6.45, 7) is 0. The molecule has 4 rings (SSSR count). The van der Waals surface area contributed by atoms with Crippen molar-refractivity contribution in [2.24, 2.45) is 0 Å². The van der Waals surface area contributed by atoms with E-state index in [1.54, 1.807) is 30.3 Å². The van der Waals surface area contributed by atoms with E-state index in [1.165, 1.54) is 24.3 Å². The molecule has 0 spiro atoms. The lowest BCUT2D eigenvalue weighted by Crippen LogP contribution is -2.56. The van der Waals surface area contributed by atoms with E-state index in [2.05, 4.69) is 20.1 Å². The molecule has 0 saturated heterocycles. The van der Waals surface area contributed by atoms with E-state index in [-0.39, 0.29) is 30.4 Å². The van der Waals surface area contributed by atoms with Crippen molar-refractivity contribution in [2.75, 3.05) is 7.11 Å². The number of alkyl halides is 6. The summed E-state index contributed by atoms with van der Waals surface area (Å²) in [6.07, 6.45) is -9.64.